The van der Waals surface area contributed by atoms with Crippen LogP contribution in [-0.2, 0) is 11.2 Å². The van der Waals surface area contributed by atoms with E-state index in [9.17, 15) is 4.79 Å². The fourth-order valence-corrected chi connectivity index (χ4v) is 2.53. The van der Waals surface area contributed by atoms with E-state index in [1.165, 1.54) is 0 Å². The van der Waals surface area contributed by atoms with Crippen LogP contribution in [0, 0.1) is 0 Å². The molecule has 2 rings (SSSR count). The molecule has 0 N–H and O–H groups in total. The molecule has 1 aromatic heterocycles. The molecule has 2 aromatic rings. The molecule has 1 heterocycles. The van der Waals surface area contributed by atoms with Gasteiger partial charge in [0.15, 0.2) is 0 Å². The number of ether oxygens (including phenoxy) is 1. The van der Waals surface area contributed by atoms with Crippen molar-refractivity contribution in [3.63, 3.8) is 0 Å². The van der Waals surface area contributed by atoms with Gasteiger partial charge in [0.2, 0.25) is 0 Å². The third-order valence-electron chi connectivity index (χ3n) is 3.08. The molecular formula is C17H18BrNO2. The van der Waals surface area contributed by atoms with Gasteiger partial charge in [-0.1, -0.05) is 41.4 Å². The molecule has 0 aliphatic carbocycles. The van der Waals surface area contributed by atoms with Gasteiger partial charge >= 0.3 is 5.97 Å². The lowest BCUT2D eigenvalue weighted by Crippen LogP contribution is -2.10. The summed E-state index contributed by atoms with van der Waals surface area (Å²) in [6.45, 7) is 4.25. The molecule has 0 unspecified atom stereocenters. The number of halogens is 1. The summed E-state index contributed by atoms with van der Waals surface area (Å²) in [4.78, 5) is 16.6. The molecule has 1 aromatic carbocycles. The molecule has 0 aliphatic heterocycles. The van der Waals surface area contributed by atoms with Crippen LogP contribution in [0.2, 0.25) is 0 Å². The summed E-state index contributed by atoms with van der Waals surface area (Å²) in [6, 6.07) is 11.7. The van der Waals surface area contributed by atoms with E-state index in [2.05, 4.69) is 27.8 Å². The van der Waals surface area contributed by atoms with Gasteiger partial charge < -0.3 is 4.74 Å². The fourth-order valence-electron chi connectivity index (χ4n) is 2.13. The number of esters is 1. The summed E-state index contributed by atoms with van der Waals surface area (Å²) in [6.07, 6.45) is 1.69. The number of pyridine rings is 1. The molecule has 0 amide bonds. The van der Waals surface area contributed by atoms with Crippen LogP contribution in [0.25, 0.3) is 11.3 Å². The first-order valence-electron chi connectivity index (χ1n) is 7.08. The topological polar surface area (TPSA) is 39.2 Å². The van der Waals surface area contributed by atoms with E-state index >= 15 is 0 Å². The Labute approximate surface area is 133 Å². The maximum Gasteiger partial charge on any atom is 0.339 e. The van der Waals surface area contributed by atoms with Crippen LogP contribution >= 0.6 is 15.9 Å². The van der Waals surface area contributed by atoms with Crippen molar-refractivity contribution in [2.75, 3.05) is 6.61 Å². The highest BCUT2D eigenvalue weighted by atomic mass is 79.9. The molecule has 0 saturated heterocycles. The van der Waals surface area contributed by atoms with Crippen molar-refractivity contribution in [3.8, 4) is 11.3 Å². The van der Waals surface area contributed by atoms with Crippen LogP contribution < -0.4 is 0 Å². The van der Waals surface area contributed by atoms with Crippen molar-refractivity contribution in [1.82, 2.24) is 4.98 Å². The average Bonchev–Trinajstić information content (AvgIpc) is 2.48. The van der Waals surface area contributed by atoms with Gasteiger partial charge in [0.1, 0.15) is 0 Å². The first kappa shape index (κ1) is 15.7. The second-order valence-corrected chi connectivity index (χ2v) is 5.59. The van der Waals surface area contributed by atoms with Crippen LogP contribution in [0.1, 0.15) is 36.3 Å². The second-order valence-electron chi connectivity index (χ2n) is 4.67. The number of hydrogen-bond donors (Lipinski definition) is 0. The van der Waals surface area contributed by atoms with Crippen molar-refractivity contribution in [1.29, 1.82) is 0 Å². The minimum Gasteiger partial charge on any atom is -0.462 e. The third-order valence-corrected chi connectivity index (χ3v) is 3.57. The SMILES string of the molecule is CCCc1nc(-c2cccc(Br)c2)ccc1C(=O)OCC. The highest BCUT2D eigenvalue weighted by molar-refractivity contribution is 9.10. The number of carbonyl (C=O) groups is 1. The number of hydrogen-bond acceptors (Lipinski definition) is 3. The molecule has 0 aliphatic rings. The summed E-state index contributed by atoms with van der Waals surface area (Å²) < 4.78 is 6.10. The van der Waals surface area contributed by atoms with Crippen molar-refractivity contribution in [2.45, 2.75) is 26.7 Å². The van der Waals surface area contributed by atoms with E-state index in [0.717, 1.165) is 34.3 Å². The molecule has 0 atom stereocenters. The molecule has 0 fully saturated rings. The van der Waals surface area contributed by atoms with Gasteiger partial charge in [0.25, 0.3) is 0 Å². The summed E-state index contributed by atoms with van der Waals surface area (Å²) in [5.74, 6) is -0.297. The summed E-state index contributed by atoms with van der Waals surface area (Å²) in [5, 5.41) is 0. The Bertz CT molecular complexity index is 640. The third kappa shape index (κ3) is 3.91. The van der Waals surface area contributed by atoms with Crippen molar-refractivity contribution >= 4 is 21.9 Å². The Morgan fingerprint density at radius 2 is 2.05 bits per heavy atom. The highest BCUT2D eigenvalue weighted by Crippen LogP contribution is 2.23. The van der Waals surface area contributed by atoms with E-state index < -0.39 is 0 Å². The predicted octanol–water partition coefficient (Wildman–Crippen LogP) is 4.64. The second kappa shape index (κ2) is 7.36. The number of aryl methyl sites for hydroxylation is 1. The van der Waals surface area contributed by atoms with Gasteiger partial charge in [0, 0.05) is 10.0 Å². The molecule has 0 spiro atoms. The molecule has 21 heavy (non-hydrogen) atoms. The zero-order valence-electron chi connectivity index (χ0n) is 12.2. The van der Waals surface area contributed by atoms with Gasteiger partial charge in [-0.05, 0) is 37.6 Å². The first-order chi connectivity index (χ1) is 10.2. The van der Waals surface area contributed by atoms with E-state index in [1.54, 1.807) is 6.92 Å². The molecule has 3 nitrogen and oxygen atoms in total. The van der Waals surface area contributed by atoms with E-state index in [4.69, 9.17) is 4.74 Å². The number of benzene rings is 1. The molecular weight excluding hydrogens is 330 g/mol. The van der Waals surface area contributed by atoms with E-state index in [0.29, 0.717) is 12.2 Å². The van der Waals surface area contributed by atoms with Gasteiger partial charge in [-0.3, -0.25) is 4.98 Å². The minimum atomic E-state index is -0.297. The molecule has 4 heteroatoms. The first-order valence-corrected chi connectivity index (χ1v) is 7.88. The van der Waals surface area contributed by atoms with Crippen molar-refractivity contribution in [2.24, 2.45) is 0 Å². The summed E-state index contributed by atoms with van der Waals surface area (Å²) >= 11 is 3.47. The number of rotatable bonds is 5. The molecule has 0 bridgehead atoms. The maximum atomic E-state index is 12.0. The monoisotopic (exact) mass is 347 g/mol. The molecule has 110 valence electrons. The minimum absolute atomic E-state index is 0.297. The predicted molar refractivity (Wildman–Crippen MR) is 87.3 cm³/mol. The van der Waals surface area contributed by atoms with Gasteiger partial charge in [-0.2, -0.15) is 0 Å². The highest BCUT2D eigenvalue weighted by Gasteiger charge is 2.14. The Kier molecular flexibility index (Phi) is 5.51. The van der Waals surface area contributed by atoms with Gasteiger partial charge in [0.05, 0.1) is 23.6 Å². The maximum absolute atomic E-state index is 12.0. The van der Waals surface area contributed by atoms with E-state index in [-0.39, 0.29) is 5.97 Å². The standard InChI is InChI=1S/C17H18BrNO2/c1-3-6-16-14(17(20)21-4-2)9-10-15(19-16)12-7-5-8-13(18)11-12/h5,7-11H,3-4,6H2,1-2H3. The quantitative estimate of drug-likeness (QED) is 0.739. The average molecular weight is 348 g/mol. The Morgan fingerprint density at radius 3 is 2.71 bits per heavy atom. The van der Waals surface area contributed by atoms with Gasteiger partial charge in [-0.15, -0.1) is 0 Å². The lowest BCUT2D eigenvalue weighted by molar-refractivity contribution is 0.0524. The van der Waals surface area contributed by atoms with Crippen LogP contribution in [0.5, 0.6) is 0 Å². The number of carbonyl (C=O) groups excluding carboxylic acids is 1. The van der Waals surface area contributed by atoms with Crippen LogP contribution in [0.4, 0.5) is 0 Å². The Balaban J connectivity index is 2.42. The largest absolute Gasteiger partial charge is 0.462 e. The van der Waals surface area contributed by atoms with Crippen molar-refractivity contribution in [3.05, 3.63) is 52.1 Å². The fraction of sp³-hybridized carbons (Fsp3) is 0.294. The van der Waals surface area contributed by atoms with E-state index in [1.807, 2.05) is 36.4 Å². The summed E-state index contributed by atoms with van der Waals surface area (Å²) in [5.41, 5.74) is 3.26. The normalized spacial score (nSPS) is 10.4. The van der Waals surface area contributed by atoms with Crippen LogP contribution in [-0.4, -0.2) is 17.6 Å². The van der Waals surface area contributed by atoms with Crippen LogP contribution in [0.3, 0.4) is 0 Å². The molecule has 0 radical (unpaired) electrons. The Hall–Kier alpha value is -1.68. The molecule has 0 saturated carbocycles. The lowest BCUT2D eigenvalue weighted by atomic mass is 10.1. The number of aromatic nitrogens is 1. The zero-order chi connectivity index (χ0) is 15.2. The summed E-state index contributed by atoms with van der Waals surface area (Å²) in [7, 11) is 0. The smallest absolute Gasteiger partial charge is 0.339 e. The van der Waals surface area contributed by atoms with Crippen LogP contribution in [0.15, 0.2) is 40.9 Å². The Morgan fingerprint density at radius 1 is 1.24 bits per heavy atom. The lowest BCUT2D eigenvalue weighted by Gasteiger charge is -2.10. The zero-order valence-corrected chi connectivity index (χ0v) is 13.8. The number of nitrogens with zero attached hydrogens (tertiary/aromatic N) is 1. The van der Waals surface area contributed by atoms with Crippen molar-refractivity contribution < 1.29 is 9.53 Å². The van der Waals surface area contributed by atoms with Gasteiger partial charge in [-0.25, -0.2) is 4.79 Å².